The summed E-state index contributed by atoms with van der Waals surface area (Å²) in [4.78, 5) is 24.6. The van der Waals surface area contributed by atoms with Gasteiger partial charge in [-0.25, -0.2) is 0 Å². The number of nitrogens with one attached hydrogen (secondary N) is 2. The first-order valence-electron chi connectivity index (χ1n) is 11.5. The summed E-state index contributed by atoms with van der Waals surface area (Å²) in [5.41, 5.74) is 6.45. The van der Waals surface area contributed by atoms with Gasteiger partial charge >= 0.3 is 0 Å². The molecular weight excluding hydrogens is 450 g/mol. The van der Waals surface area contributed by atoms with Crippen LogP contribution in [-0.2, 0) is 11.3 Å². The molecule has 9 heteroatoms. The molecule has 34 heavy (non-hydrogen) atoms. The van der Waals surface area contributed by atoms with E-state index in [4.69, 9.17) is 4.74 Å². The number of aryl methyl sites for hydroxylation is 1. The molecule has 0 saturated carbocycles. The van der Waals surface area contributed by atoms with Crippen molar-refractivity contribution in [3.8, 4) is 5.75 Å². The number of nitrogens with zero attached hydrogens (tertiary/aromatic N) is 3. The third-order valence-corrected chi connectivity index (χ3v) is 6.08. The summed E-state index contributed by atoms with van der Waals surface area (Å²) in [7, 11) is 0. The molecule has 1 heterocycles. The second-order valence-corrected chi connectivity index (χ2v) is 8.77. The molecule has 2 amide bonds. The first-order valence-corrected chi connectivity index (χ1v) is 12.4. The molecule has 3 aromatic rings. The minimum absolute atomic E-state index is 0.0953. The van der Waals surface area contributed by atoms with E-state index in [9.17, 15) is 9.59 Å². The molecule has 0 saturated heterocycles. The Hall–Kier alpha value is -3.33. The van der Waals surface area contributed by atoms with Crippen LogP contribution in [0.25, 0.3) is 0 Å². The highest BCUT2D eigenvalue weighted by atomic mass is 32.2. The van der Waals surface area contributed by atoms with E-state index in [1.807, 2.05) is 41.8 Å². The number of thioether (sulfide) groups is 1. The molecule has 0 spiro atoms. The minimum Gasteiger partial charge on any atom is -0.494 e. The fourth-order valence-electron chi connectivity index (χ4n) is 3.20. The fraction of sp³-hybridized carbons (Fsp3) is 0.360. The normalized spacial score (nSPS) is 10.6. The third-order valence-electron chi connectivity index (χ3n) is 5.12. The number of aromatic nitrogens is 3. The number of rotatable bonds is 12. The van der Waals surface area contributed by atoms with E-state index in [1.165, 1.54) is 24.6 Å². The molecule has 0 fully saturated rings. The number of amides is 2. The first kappa shape index (κ1) is 25.3. The molecule has 2 aromatic carbocycles. The molecule has 0 aliphatic rings. The monoisotopic (exact) mass is 481 g/mol. The summed E-state index contributed by atoms with van der Waals surface area (Å²) in [6.45, 7) is 5.34. The third kappa shape index (κ3) is 7.91. The van der Waals surface area contributed by atoms with Crippen LogP contribution in [0.3, 0.4) is 0 Å². The van der Waals surface area contributed by atoms with Crippen molar-refractivity contribution in [1.29, 1.82) is 0 Å². The zero-order valence-corrected chi connectivity index (χ0v) is 20.4. The van der Waals surface area contributed by atoms with Gasteiger partial charge in [0.1, 0.15) is 11.6 Å². The van der Waals surface area contributed by atoms with Crippen molar-refractivity contribution in [2.24, 2.45) is 0 Å². The largest absolute Gasteiger partial charge is 0.494 e. The van der Waals surface area contributed by atoms with E-state index in [0.29, 0.717) is 23.9 Å². The van der Waals surface area contributed by atoms with Crippen LogP contribution in [0.15, 0.2) is 59.8 Å². The van der Waals surface area contributed by atoms with E-state index >= 15 is 0 Å². The molecule has 180 valence electrons. The maximum atomic E-state index is 12.3. The Morgan fingerprint density at radius 3 is 2.47 bits per heavy atom. The quantitative estimate of drug-likeness (QED) is 0.229. The van der Waals surface area contributed by atoms with Crippen molar-refractivity contribution in [3.63, 3.8) is 0 Å². The second kappa shape index (κ2) is 13.4. The average Bonchev–Trinajstić information content (AvgIpc) is 3.21. The van der Waals surface area contributed by atoms with Crippen LogP contribution in [0.4, 0.5) is 0 Å². The van der Waals surface area contributed by atoms with Crippen molar-refractivity contribution in [2.45, 2.75) is 51.2 Å². The van der Waals surface area contributed by atoms with Gasteiger partial charge in [-0.3, -0.25) is 20.4 Å². The summed E-state index contributed by atoms with van der Waals surface area (Å²) < 4.78 is 7.65. The predicted molar refractivity (Wildman–Crippen MR) is 133 cm³/mol. The lowest BCUT2D eigenvalue weighted by molar-refractivity contribution is -0.119. The maximum absolute atomic E-state index is 12.3. The number of hydrazine groups is 1. The molecule has 0 aliphatic heterocycles. The molecule has 0 atom stereocenters. The molecule has 0 bridgehead atoms. The van der Waals surface area contributed by atoms with Gasteiger partial charge < -0.3 is 9.30 Å². The van der Waals surface area contributed by atoms with E-state index in [2.05, 4.69) is 28.0 Å². The van der Waals surface area contributed by atoms with Crippen LogP contribution in [-0.4, -0.2) is 38.9 Å². The Morgan fingerprint density at radius 1 is 0.971 bits per heavy atom. The van der Waals surface area contributed by atoms with Crippen molar-refractivity contribution >= 4 is 23.6 Å². The summed E-state index contributed by atoms with van der Waals surface area (Å²) in [6, 6.07) is 16.8. The van der Waals surface area contributed by atoms with Crippen molar-refractivity contribution in [2.75, 3.05) is 12.4 Å². The molecule has 1 aromatic heterocycles. The molecule has 0 aliphatic carbocycles. The zero-order valence-electron chi connectivity index (χ0n) is 19.6. The van der Waals surface area contributed by atoms with Crippen molar-refractivity contribution in [3.05, 3.63) is 71.5 Å². The van der Waals surface area contributed by atoms with Gasteiger partial charge in [0, 0.05) is 5.56 Å². The van der Waals surface area contributed by atoms with Crippen LogP contribution >= 0.6 is 11.8 Å². The lowest BCUT2D eigenvalue weighted by Gasteiger charge is -2.10. The highest BCUT2D eigenvalue weighted by Crippen LogP contribution is 2.18. The number of benzene rings is 2. The molecule has 8 nitrogen and oxygen atoms in total. The number of hydrogen-bond donors (Lipinski definition) is 2. The topological polar surface area (TPSA) is 98.1 Å². The van der Waals surface area contributed by atoms with Gasteiger partial charge in [0.2, 0.25) is 5.91 Å². The highest BCUT2D eigenvalue weighted by Gasteiger charge is 2.13. The molecule has 3 rings (SSSR count). The fourth-order valence-corrected chi connectivity index (χ4v) is 3.99. The lowest BCUT2D eigenvalue weighted by atomic mass is 10.2. The van der Waals surface area contributed by atoms with Crippen LogP contribution in [0.1, 0.15) is 54.4 Å². The predicted octanol–water partition coefficient (Wildman–Crippen LogP) is 4.15. The number of unbranched alkanes of at least 4 members (excludes halogenated alkanes) is 3. The van der Waals surface area contributed by atoms with E-state index in [0.717, 1.165) is 30.0 Å². The second-order valence-electron chi connectivity index (χ2n) is 7.83. The van der Waals surface area contributed by atoms with Gasteiger partial charge in [0.25, 0.3) is 5.91 Å². The van der Waals surface area contributed by atoms with Gasteiger partial charge in [-0.1, -0.05) is 68.3 Å². The smallest absolute Gasteiger partial charge is 0.269 e. The Balaban J connectivity index is 1.42. The van der Waals surface area contributed by atoms with Gasteiger partial charge in [0.05, 0.1) is 18.9 Å². The van der Waals surface area contributed by atoms with Crippen LogP contribution < -0.4 is 15.6 Å². The van der Waals surface area contributed by atoms with Crippen LogP contribution in [0, 0.1) is 6.92 Å². The Bertz CT molecular complexity index is 1050. The van der Waals surface area contributed by atoms with Gasteiger partial charge in [-0.05, 0) is 43.2 Å². The number of carbonyl (C=O) groups excluding carboxylic acids is 2. The number of carbonyl (C=O) groups is 2. The van der Waals surface area contributed by atoms with E-state index < -0.39 is 5.91 Å². The summed E-state index contributed by atoms with van der Waals surface area (Å²) >= 11 is 1.27. The van der Waals surface area contributed by atoms with Crippen molar-refractivity contribution < 1.29 is 14.3 Å². The number of ether oxygens (including phenoxy) is 1. The Kier molecular flexibility index (Phi) is 9.97. The molecular formula is C25H31N5O3S. The SMILES string of the molecule is CCCCCCOc1ccc(C(=O)NNC(=O)CSc2nnc(C)n2Cc2ccccc2)cc1. The summed E-state index contributed by atoms with van der Waals surface area (Å²) in [5.74, 6) is 0.864. The van der Waals surface area contributed by atoms with Gasteiger partial charge in [0.15, 0.2) is 5.16 Å². The molecule has 2 N–H and O–H groups in total. The Labute approximate surface area is 204 Å². The molecule has 0 radical (unpaired) electrons. The van der Waals surface area contributed by atoms with Crippen LogP contribution in [0.2, 0.25) is 0 Å². The average molecular weight is 482 g/mol. The van der Waals surface area contributed by atoms with Crippen LogP contribution in [0.5, 0.6) is 5.75 Å². The molecule has 0 unspecified atom stereocenters. The van der Waals surface area contributed by atoms with Gasteiger partial charge in [-0.2, -0.15) is 0 Å². The number of hydrogen-bond acceptors (Lipinski definition) is 6. The van der Waals surface area contributed by atoms with E-state index in [-0.39, 0.29) is 11.7 Å². The first-order chi connectivity index (χ1) is 16.6. The standard InChI is InChI=1S/C25H31N5O3S/c1-3-4-5-9-16-33-22-14-12-21(13-15-22)24(32)28-27-23(31)18-34-25-29-26-19(2)30(25)17-20-10-7-6-8-11-20/h6-8,10-15H,3-5,9,16-18H2,1-2H3,(H,27,31)(H,28,32). The van der Waals surface area contributed by atoms with E-state index in [1.54, 1.807) is 24.3 Å². The van der Waals surface area contributed by atoms with Gasteiger partial charge in [-0.15, -0.1) is 10.2 Å². The zero-order chi connectivity index (χ0) is 24.2. The minimum atomic E-state index is -0.393. The van der Waals surface area contributed by atoms with Crippen molar-refractivity contribution in [1.82, 2.24) is 25.6 Å². The summed E-state index contributed by atoms with van der Waals surface area (Å²) in [5, 5.41) is 8.94. The lowest BCUT2D eigenvalue weighted by Crippen LogP contribution is -2.42. The maximum Gasteiger partial charge on any atom is 0.269 e. The Morgan fingerprint density at radius 2 is 1.74 bits per heavy atom. The highest BCUT2D eigenvalue weighted by molar-refractivity contribution is 7.99. The summed E-state index contributed by atoms with van der Waals surface area (Å²) in [6.07, 6.45) is 4.57.